The maximum atomic E-state index is 13.2. The molecule has 0 atom stereocenters. The van der Waals surface area contributed by atoms with Crippen molar-refractivity contribution in [3.63, 3.8) is 0 Å². The van der Waals surface area contributed by atoms with Crippen molar-refractivity contribution in [3.05, 3.63) is 52.4 Å². The lowest BCUT2D eigenvalue weighted by Gasteiger charge is -2.07. The third-order valence-electron chi connectivity index (χ3n) is 4.56. The van der Waals surface area contributed by atoms with Crippen molar-refractivity contribution in [2.75, 3.05) is 13.7 Å². The van der Waals surface area contributed by atoms with Gasteiger partial charge in [0.2, 0.25) is 0 Å². The predicted octanol–water partition coefficient (Wildman–Crippen LogP) is 2.97. The molecule has 0 amide bonds. The summed E-state index contributed by atoms with van der Waals surface area (Å²) >= 11 is 0. The minimum atomic E-state index is -0.445. The van der Waals surface area contributed by atoms with Gasteiger partial charge in [-0.1, -0.05) is 13.0 Å². The molecule has 4 aromatic rings. The highest BCUT2D eigenvalue weighted by Crippen LogP contribution is 2.29. The number of nitrogens with zero attached hydrogens (tertiary/aromatic N) is 3. The third kappa shape index (κ3) is 2.74. The Morgan fingerprint density at radius 3 is 2.79 bits per heavy atom. The molecule has 0 bridgehead atoms. The Hall–Kier alpha value is -3.55. The maximum Gasteiger partial charge on any atom is 0.335 e. The van der Waals surface area contributed by atoms with Gasteiger partial charge in [-0.15, -0.1) is 0 Å². The second-order valence-electron chi connectivity index (χ2n) is 6.39. The molecule has 28 heavy (non-hydrogen) atoms. The minimum Gasteiger partial charge on any atom is -0.494 e. The summed E-state index contributed by atoms with van der Waals surface area (Å²) < 4.78 is 18.6. The normalized spacial score (nSPS) is 11.2. The minimum absolute atomic E-state index is 0.294. The zero-order chi connectivity index (χ0) is 19.8. The number of aryl methyl sites for hydroxylation is 1. The number of benzene rings is 2. The molecule has 2 aromatic heterocycles. The van der Waals surface area contributed by atoms with E-state index in [2.05, 4.69) is 5.16 Å². The van der Waals surface area contributed by atoms with E-state index >= 15 is 0 Å². The molecule has 0 aliphatic rings. The van der Waals surface area contributed by atoms with Crippen molar-refractivity contribution in [1.29, 1.82) is 0 Å². The zero-order valence-electron chi connectivity index (χ0n) is 15.8. The van der Waals surface area contributed by atoms with E-state index in [1.165, 1.54) is 11.7 Å². The van der Waals surface area contributed by atoms with E-state index in [1.54, 1.807) is 43.4 Å². The van der Waals surface area contributed by atoms with E-state index in [4.69, 9.17) is 14.0 Å². The molecule has 144 valence electrons. The number of rotatable bonds is 5. The molecule has 4 rings (SSSR count). The Labute approximate surface area is 159 Å². The van der Waals surface area contributed by atoms with Crippen LogP contribution in [0.15, 0.2) is 45.7 Å². The number of ether oxygens (including phenoxy) is 2. The summed E-state index contributed by atoms with van der Waals surface area (Å²) in [6.45, 7) is 2.56. The molecule has 0 aliphatic carbocycles. The molecule has 8 heteroatoms. The summed E-state index contributed by atoms with van der Waals surface area (Å²) in [4.78, 5) is 26.0. The van der Waals surface area contributed by atoms with Crippen LogP contribution in [0.2, 0.25) is 0 Å². The van der Waals surface area contributed by atoms with Gasteiger partial charge < -0.3 is 14.0 Å². The lowest BCUT2D eigenvalue weighted by molar-refractivity contribution is 0.0959. The van der Waals surface area contributed by atoms with Gasteiger partial charge in [-0.3, -0.25) is 9.36 Å². The van der Waals surface area contributed by atoms with Gasteiger partial charge in [-0.05, 0) is 35.8 Å². The number of aromatic nitrogens is 3. The molecule has 0 saturated heterocycles. The summed E-state index contributed by atoms with van der Waals surface area (Å²) in [6.07, 6.45) is 0.859. The van der Waals surface area contributed by atoms with Crippen LogP contribution in [-0.4, -0.2) is 33.9 Å². The third-order valence-corrected chi connectivity index (χ3v) is 4.56. The fourth-order valence-electron chi connectivity index (χ4n) is 3.16. The number of hydrogen-bond donors (Lipinski definition) is 0. The van der Waals surface area contributed by atoms with Crippen LogP contribution >= 0.6 is 0 Å². The highest BCUT2D eigenvalue weighted by atomic mass is 16.5. The van der Waals surface area contributed by atoms with Crippen molar-refractivity contribution in [2.24, 2.45) is 7.05 Å². The molecule has 0 saturated carbocycles. The molecule has 0 spiro atoms. The van der Waals surface area contributed by atoms with Crippen molar-refractivity contribution in [2.45, 2.75) is 13.3 Å². The van der Waals surface area contributed by atoms with E-state index in [-0.39, 0.29) is 0 Å². The molecule has 0 radical (unpaired) electrons. The van der Waals surface area contributed by atoms with Crippen LogP contribution in [0.25, 0.3) is 22.0 Å². The molecular weight excluding hydrogens is 362 g/mol. The molecule has 2 heterocycles. The Bertz CT molecular complexity index is 1250. The topological polar surface area (TPSA) is 88.5 Å². The average molecular weight is 381 g/mol. The molecule has 0 unspecified atom stereocenters. The van der Waals surface area contributed by atoms with Crippen LogP contribution in [0.1, 0.15) is 23.7 Å². The first-order valence-electron chi connectivity index (χ1n) is 8.87. The van der Waals surface area contributed by atoms with Gasteiger partial charge >= 0.3 is 5.69 Å². The van der Waals surface area contributed by atoms with Crippen molar-refractivity contribution >= 4 is 27.9 Å². The van der Waals surface area contributed by atoms with Gasteiger partial charge in [-0.2, -0.15) is 0 Å². The van der Waals surface area contributed by atoms with Crippen LogP contribution in [0, 0.1) is 0 Å². The van der Waals surface area contributed by atoms with E-state index in [0.717, 1.165) is 11.0 Å². The van der Waals surface area contributed by atoms with Gasteiger partial charge in [0.25, 0.3) is 11.8 Å². The predicted molar refractivity (Wildman–Crippen MR) is 103 cm³/mol. The average Bonchev–Trinajstić information content (AvgIpc) is 3.23. The molecule has 0 fully saturated rings. The number of carbonyl (C=O) groups is 1. The van der Waals surface area contributed by atoms with Crippen molar-refractivity contribution < 1.29 is 18.8 Å². The highest BCUT2D eigenvalue weighted by Gasteiger charge is 2.21. The summed E-state index contributed by atoms with van der Waals surface area (Å²) in [7, 11) is 3.08. The molecule has 0 N–H and O–H groups in total. The smallest absolute Gasteiger partial charge is 0.335 e. The van der Waals surface area contributed by atoms with Gasteiger partial charge in [-0.25, -0.2) is 9.36 Å². The number of methoxy groups -OCH3 is 1. The molecule has 8 nitrogen and oxygen atoms in total. The van der Waals surface area contributed by atoms with Crippen molar-refractivity contribution in [3.8, 4) is 11.6 Å². The first-order chi connectivity index (χ1) is 13.5. The van der Waals surface area contributed by atoms with E-state index in [9.17, 15) is 9.59 Å². The first-order valence-corrected chi connectivity index (χ1v) is 8.87. The molecule has 2 aromatic carbocycles. The summed E-state index contributed by atoms with van der Waals surface area (Å²) in [6, 6.07) is 10.2. The number of fused-ring (bicyclic) bond motifs is 2. The number of hydrogen-bond acceptors (Lipinski definition) is 6. The van der Waals surface area contributed by atoms with Gasteiger partial charge in [0.15, 0.2) is 5.58 Å². The standard InChI is InChI=1S/C20H19N3O5/c1-4-8-27-13-7-5-6-12(9-13)19(24)23-16-10-14-17(28-21-18(14)26-3)11-15(16)22(2)20(23)25/h5-7,9-11H,4,8H2,1-3H3. The zero-order valence-corrected chi connectivity index (χ0v) is 15.8. The fourth-order valence-corrected chi connectivity index (χ4v) is 3.16. The highest BCUT2D eigenvalue weighted by molar-refractivity contribution is 6.04. The molecular formula is C20H19N3O5. The number of carbonyl (C=O) groups excluding carboxylic acids is 1. The van der Waals surface area contributed by atoms with Gasteiger partial charge in [0, 0.05) is 18.7 Å². The lowest BCUT2D eigenvalue weighted by Crippen LogP contribution is -2.28. The van der Waals surface area contributed by atoms with E-state index in [1.807, 2.05) is 6.92 Å². The first kappa shape index (κ1) is 17.8. The summed E-state index contributed by atoms with van der Waals surface area (Å²) in [5.74, 6) is 0.443. The largest absolute Gasteiger partial charge is 0.494 e. The SMILES string of the molecule is CCCOc1cccc(C(=O)n2c(=O)n(C)c3cc4onc(OC)c4cc32)c1. The van der Waals surface area contributed by atoms with Crippen LogP contribution in [0.5, 0.6) is 11.6 Å². The lowest BCUT2D eigenvalue weighted by atomic mass is 10.2. The summed E-state index contributed by atoms with van der Waals surface area (Å²) in [5, 5.41) is 4.43. The van der Waals surface area contributed by atoms with Crippen LogP contribution in [0.4, 0.5) is 0 Å². The second kappa shape index (κ2) is 6.88. The van der Waals surface area contributed by atoms with Crippen LogP contribution in [-0.2, 0) is 7.05 Å². The Morgan fingerprint density at radius 1 is 1.21 bits per heavy atom. The Morgan fingerprint density at radius 2 is 2.04 bits per heavy atom. The fraction of sp³-hybridized carbons (Fsp3) is 0.250. The quantitative estimate of drug-likeness (QED) is 0.528. The second-order valence-corrected chi connectivity index (χ2v) is 6.39. The number of imidazole rings is 1. The van der Waals surface area contributed by atoms with Gasteiger partial charge in [0.05, 0.1) is 30.1 Å². The monoisotopic (exact) mass is 381 g/mol. The van der Waals surface area contributed by atoms with E-state index in [0.29, 0.717) is 45.8 Å². The Balaban J connectivity index is 1.89. The van der Waals surface area contributed by atoms with Crippen LogP contribution in [0.3, 0.4) is 0 Å². The van der Waals surface area contributed by atoms with Crippen molar-refractivity contribution in [1.82, 2.24) is 14.3 Å². The van der Waals surface area contributed by atoms with Crippen LogP contribution < -0.4 is 15.2 Å². The van der Waals surface area contributed by atoms with Gasteiger partial charge in [0.1, 0.15) is 5.75 Å². The van der Waals surface area contributed by atoms with E-state index < -0.39 is 11.6 Å². The molecule has 0 aliphatic heterocycles. The maximum absolute atomic E-state index is 13.2. The summed E-state index contributed by atoms with van der Waals surface area (Å²) in [5.41, 5.74) is 1.40. The Kier molecular flexibility index (Phi) is 4.38.